The molecule has 0 aromatic heterocycles. The fraction of sp³-hybridized carbons (Fsp3) is 0.476. The fourth-order valence-corrected chi connectivity index (χ4v) is 3.89. The molecule has 3 amide bonds. The summed E-state index contributed by atoms with van der Waals surface area (Å²) in [6.45, 7) is 3.24. The lowest BCUT2D eigenvalue weighted by Gasteiger charge is -2.48. The van der Waals surface area contributed by atoms with Gasteiger partial charge in [0.05, 0.1) is 12.1 Å². The van der Waals surface area contributed by atoms with Gasteiger partial charge in [-0.1, -0.05) is 36.4 Å². The van der Waals surface area contributed by atoms with Crippen molar-refractivity contribution in [2.45, 2.75) is 30.8 Å². The maximum absolute atomic E-state index is 13.2. The van der Waals surface area contributed by atoms with E-state index < -0.39 is 36.3 Å². The molecule has 1 aliphatic heterocycles. The summed E-state index contributed by atoms with van der Waals surface area (Å²) < 4.78 is 4.83. The van der Waals surface area contributed by atoms with E-state index in [1.165, 1.54) is 15.9 Å². The number of carbonyl (C=O) groups excluding carboxylic acids is 2. The summed E-state index contributed by atoms with van der Waals surface area (Å²) in [5.74, 6) is -0.542. The molecule has 0 radical (unpaired) electrons. The molecule has 2 rings (SSSR count). The first-order chi connectivity index (χ1) is 14.7. The Labute approximate surface area is 186 Å². The molecule has 0 bridgehead atoms. The number of rotatable bonds is 8. The van der Waals surface area contributed by atoms with Crippen LogP contribution in [0, 0.1) is 0 Å². The minimum absolute atomic E-state index is 0.0396. The van der Waals surface area contributed by atoms with Gasteiger partial charge < -0.3 is 30.1 Å². The molecular formula is C21H28ClN3O6. The Balaban J connectivity index is 2.29. The summed E-state index contributed by atoms with van der Waals surface area (Å²) in [5, 5.41) is 22.2. The highest BCUT2D eigenvalue weighted by Gasteiger charge is 2.44. The molecule has 1 saturated heterocycles. The number of nitrogens with zero attached hydrogens (tertiary/aromatic N) is 2. The fourth-order valence-electron chi connectivity index (χ4n) is 3.77. The van der Waals surface area contributed by atoms with Gasteiger partial charge in [0.1, 0.15) is 12.6 Å². The maximum Gasteiger partial charge on any atom is 0.408 e. The van der Waals surface area contributed by atoms with E-state index in [4.69, 9.17) is 16.3 Å². The number of alkyl carbamates (subject to hydrolysis) is 1. The standard InChI is InChI=1S/C21H28ClN3O6/c1-3-11-31-19(28)23-17(13-26)18(27)24(2)21(9-4-10-25(14-21)20(29)30)12-15-5-7-16(22)8-6-15/h3,5-8,17,26H,1,4,9-14H2,2H3,(H,23,28)(H,29,30)/t17-,21?/m0/s1. The van der Waals surface area contributed by atoms with Crippen LogP contribution >= 0.6 is 11.6 Å². The van der Waals surface area contributed by atoms with Crippen LogP contribution < -0.4 is 5.32 Å². The van der Waals surface area contributed by atoms with Gasteiger partial charge in [-0.15, -0.1) is 0 Å². The molecule has 31 heavy (non-hydrogen) atoms. The second kappa shape index (κ2) is 11.0. The first kappa shape index (κ1) is 24.5. The van der Waals surface area contributed by atoms with E-state index in [9.17, 15) is 24.6 Å². The van der Waals surface area contributed by atoms with Crippen LogP contribution in [0.1, 0.15) is 18.4 Å². The Bertz CT molecular complexity index is 803. The predicted molar refractivity (Wildman–Crippen MR) is 115 cm³/mol. The molecule has 1 fully saturated rings. The Morgan fingerprint density at radius 3 is 2.65 bits per heavy atom. The zero-order valence-electron chi connectivity index (χ0n) is 17.4. The van der Waals surface area contributed by atoms with Gasteiger partial charge >= 0.3 is 12.2 Å². The number of aliphatic hydroxyl groups excluding tert-OH is 1. The molecule has 3 N–H and O–H groups in total. The van der Waals surface area contributed by atoms with E-state index in [-0.39, 0.29) is 13.2 Å². The third-order valence-electron chi connectivity index (χ3n) is 5.42. The van der Waals surface area contributed by atoms with E-state index in [0.29, 0.717) is 30.8 Å². The molecule has 1 aliphatic rings. The molecule has 0 saturated carbocycles. The van der Waals surface area contributed by atoms with Gasteiger partial charge in [0.15, 0.2) is 0 Å². The number of nitrogens with one attached hydrogen (secondary N) is 1. The van der Waals surface area contributed by atoms with Gasteiger partial charge in [-0.25, -0.2) is 9.59 Å². The number of carbonyl (C=O) groups is 3. The minimum Gasteiger partial charge on any atom is -0.465 e. The Morgan fingerprint density at radius 2 is 2.06 bits per heavy atom. The first-order valence-corrected chi connectivity index (χ1v) is 10.3. The SMILES string of the molecule is C=CCOC(=O)N[C@@H](CO)C(=O)N(C)C1(Cc2ccc(Cl)cc2)CCCN(C(=O)O)C1. The zero-order valence-corrected chi connectivity index (χ0v) is 18.2. The number of amides is 3. The average Bonchev–Trinajstić information content (AvgIpc) is 2.76. The van der Waals surface area contributed by atoms with E-state index in [1.807, 2.05) is 12.1 Å². The van der Waals surface area contributed by atoms with Gasteiger partial charge in [-0.3, -0.25) is 4.79 Å². The van der Waals surface area contributed by atoms with Crippen molar-refractivity contribution in [1.29, 1.82) is 0 Å². The topological polar surface area (TPSA) is 119 Å². The number of hydrogen-bond acceptors (Lipinski definition) is 5. The summed E-state index contributed by atoms with van der Waals surface area (Å²) in [4.78, 5) is 39.4. The van der Waals surface area contributed by atoms with Gasteiger partial charge in [0.25, 0.3) is 0 Å². The summed E-state index contributed by atoms with van der Waals surface area (Å²) >= 11 is 5.98. The molecule has 1 aromatic rings. The minimum atomic E-state index is -1.23. The lowest BCUT2D eigenvalue weighted by Crippen LogP contribution is -2.64. The van der Waals surface area contributed by atoms with Crippen LogP contribution in [-0.2, 0) is 16.0 Å². The number of halogens is 1. The number of carboxylic acid groups (broad SMARTS) is 1. The third kappa shape index (κ3) is 6.35. The third-order valence-corrected chi connectivity index (χ3v) is 5.67. The van der Waals surface area contributed by atoms with Gasteiger partial charge in [0, 0.05) is 25.2 Å². The monoisotopic (exact) mass is 453 g/mol. The van der Waals surface area contributed by atoms with E-state index in [1.54, 1.807) is 19.2 Å². The molecule has 1 unspecified atom stereocenters. The Morgan fingerprint density at radius 1 is 1.39 bits per heavy atom. The van der Waals surface area contributed by atoms with Gasteiger partial charge in [0.2, 0.25) is 5.91 Å². The molecule has 1 aromatic carbocycles. The highest BCUT2D eigenvalue weighted by molar-refractivity contribution is 6.30. The molecule has 10 heteroatoms. The number of likely N-dealkylation sites (tertiary alicyclic amines) is 1. The average molecular weight is 454 g/mol. The first-order valence-electron chi connectivity index (χ1n) is 9.87. The predicted octanol–water partition coefficient (Wildman–Crippen LogP) is 2.13. The molecule has 1 heterocycles. The molecule has 9 nitrogen and oxygen atoms in total. The van der Waals surface area contributed by atoms with Crippen molar-refractivity contribution in [3.8, 4) is 0 Å². The highest BCUT2D eigenvalue weighted by Crippen LogP contribution is 2.32. The van der Waals surface area contributed by atoms with E-state index in [2.05, 4.69) is 11.9 Å². The van der Waals surface area contributed by atoms with Crippen molar-refractivity contribution in [1.82, 2.24) is 15.1 Å². The number of aliphatic hydroxyl groups is 1. The van der Waals surface area contributed by atoms with Gasteiger partial charge in [-0.05, 0) is 37.0 Å². The lowest BCUT2D eigenvalue weighted by molar-refractivity contribution is -0.141. The molecule has 0 aliphatic carbocycles. The van der Waals surface area contributed by atoms with Crippen molar-refractivity contribution >= 4 is 29.7 Å². The molecule has 2 atom stereocenters. The zero-order chi connectivity index (χ0) is 23.0. The van der Waals surface area contributed by atoms with Gasteiger partial charge in [-0.2, -0.15) is 0 Å². The largest absolute Gasteiger partial charge is 0.465 e. The second-order valence-electron chi connectivity index (χ2n) is 7.50. The lowest BCUT2D eigenvalue weighted by atomic mass is 9.81. The van der Waals surface area contributed by atoms with Crippen LogP contribution in [0.25, 0.3) is 0 Å². The van der Waals surface area contributed by atoms with E-state index in [0.717, 1.165) is 5.56 Å². The summed E-state index contributed by atoms with van der Waals surface area (Å²) in [7, 11) is 1.56. The van der Waals surface area contributed by atoms with E-state index >= 15 is 0 Å². The number of benzene rings is 1. The normalized spacial score (nSPS) is 19.3. The van der Waals surface area contributed by atoms with Crippen molar-refractivity contribution in [3.05, 3.63) is 47.5 Å². The van der Waals surface area contributed by atoms with Crippen LogP contribution in [0.2, 0.25) is 5.02 Å². The quantitative estimate of drug-likeness (QED) is 0.519. The van der Waals surface area contributed by atoms with Crippen molar-refractivity contribution in [2.24, 2.45) is 0 Å². The summed E-state index contributed by atoms with van der Waals surface area (Å²) in [6, 6.07) is 5.90. The highest BCUT2D eigenvalue weighted by atomic mass is 35.5. The van der Waals surface area contributed by atoms with Crippen molar-refractivity contribution in [3.63, 3.8) is 0 Å². The smallest absolute Gasteiger partial charge is 0.408 e. The van der Waals surface area contributed by atoms with Crippen molar-refractivity contribution in [2.75, 3.05) is 33.4 Å². The summed E-state index contributed by atoms with van der Waals surface area (Å²) in [6.07, 6.45) is 0.964. The maximum atomic E-state index is 13.2. The van der Waals surface area contributed by atoms with Crippen molar-refractivity contribution < 1.29 is 29.3 Å². The van der Waals surface area contributed by atoms with Crippen LogP contribution in [0.5, 0.6) is 0 Å². The number of piperidine rings is 1. The second-order valence-corrected chi connectivity index (χ2v) is 7.94. The Kier molecular flexibility index (Phi) is 8.70. The summed E-state index contributed by atoms with van der Waals surface area (Å²) in [5.41, 5.74) is 0.0250. The van der Waals surface area contributed by atoms with Crippen LogP contribution in [0.15, 0.2) is 36.9 Å². The number of likely N-dealkylation sites (N-methyl/N-ethyl adjacent to an activating group) is 1. The Hall–Kier alpha value is -2.78. The number of ether oxygens (including phenoxy) is 1. The molecule has 0 spiro atoms. The molecule has 170 valence electrons. The molecular weight excluding hydrogens is 426 g/mol. The number of hydrogen-bond donors (Lipinski definition) is 3. The van der Waals surface area contributed by atoms with Crippen LogP contribution in [0.3, 0.4) is 0 Å². The van der Waals surface area contributed by atoms with Crippen LogP contribution in [-0.4, -0.2) is 83.0 Å². The van der Waals surface area contributed by atoms with Crippen LogP contribution in [0.4, 0.5) is 9.59 Å².